The average molecular weight is 264 g/mol. The molecule has 0 aliphatic heterocycles. The van der Waals surface area contributed by atoms with Gasteiger partial charge in [-0.3, -0.25) is 10.2 Å². The Hall–Kier alpha value is -2.01. The lowest BCUT2D eigenvalue weighted by Gasteiger charge is -2.15. The fourth-order valence-corrected chi connectivity index (χ4v) is 1.41. The van der Waals surface area contributed by atoms with Gasteiger partial charge in [-0.25, -0.2) is 5.84 Å². The average Bonchev–Trinajstić information content (AvgIpc) is 2.45. The maximum absolute atomic E-state index is 11.0. The van der Waals surface area contributed by atoms with Crippen molar-refractivity contribution in [1.29, 1.82) is 0 Å². The Bertz CT molecular complexity index is 458. The predicted octanol–water partition coefficient (Wildman–Crippen LogP) is 1.88. The maximum Gasteiger partial charge on any atom is 0.257 e. The van der Waals surface area contributed by atoms with Crippen molar-refractivity contribution in [3.05, 3.63) is 29.8 Å². The van der Waals surface area contributed by atoms with Gasteiger partial charge < -0.3 is 9.47 Å². The van der Waals surface area contributed by atoms with Gasteiger partial charge in [-0.1, -0.05) is 13.0 Å². The van der Waals surface area contributed by atoms with Crippen molar-refractivity contribution >= 4 is 12.0 Å². The number of hydrogen-bond acceptors (Lipinski definition) is 4. The smallest absolute Gasteiger partial charge is 0.257 e. The van der Waals surface area contributed by atoms with Crippen LogP contribution in [0.2, 0.25) is 0 Å². The first-order chi connectivity index (χ1) is 9.10. The lowest BCUT2D eigenvalue weighted by Crippen LogP contribution is -2.27. The third-order valence-electron chi connectivity index (χ3n) is 2.66. The van der Waals surface area contributed by atoms with E-state index in [1.807, 2.05) is 24.5 Å². The summed E-state index contributed by atoms with van der Waals surface area (Å²) in [5.74, 6) is 5.96. The topological polar surface area (TPSA) is 73.6 Å². The van der Waals surface area contributed by atoms with Crippen LogP contribution in [-0.2, 0) is 4.79 Å². The molecule has 0 saturated heterocycles. The molecule has 0 heterocycles. The number of amides is 1. The van der Waals surface area contributed by atoms with E-state index < -0.39 is 0 Å². The first-order valence-corrected chi connectivity index (χ1v) is 6.14. The molecule has 0 fully saturated rings. The molecule has 104 valence electrons. The molecule has 0 aliphatic carbocycles. The summed E-state index contributed by atoms with van der Waals surface area (Å²) in [6.45, 7) is 4.05. The number of nitrogens with one attached hydrogen (secondary N) is 1. The van der Waals surface area contributed by atoms with Crippen LogP contribution in [0.5, 0.6) is 11.5 Å². The summed E-state index contributed by atoms with van der Waals surface area (Å²) in [5, 5.41) is 0. The van der Waals surface area contributed by atoms with Crippen molar-refractivity contribution in [3.8, 4) is 11.5 Å². The quantitative estimate of drug-likeness (QED) is 0.356. The van der Waals surface area contributed by atoms with E-state index in [2.05, 4.69) is 6.92 Å². The molecule has 1 unspecified atom stereocenters. The van der Waals surface area contributed by atoms with E-state index in [0.29, 0.717) is 11.5 Å². The van der Waals surface area contributed by atoms with Crippen molar-refractivity contribution in [1.82, 2.24) is 5.43 Å². The number of methoxy groups -OCH3 is 1. The summed E-state index contributed by atoms with van der Waals surface area (Å²) in [6.07, 6.45) is 4.04. The van der Waals surface area contributed by atoms with E-state index >= 15 is 0 Å². The van der Waals surface area contributed by atoms with Gasteiger partial charge in [-0.05, 0) is 37.1 Å². The Balaban J connectivity index is 2.89. The molecule has 0 bridgehead atoms. The Morgan fingerprint density at radius 1 is 1.47 bits per heavy atom. The van der Waals surface area contributed by atoms with Crippen LogP contribution in [0.25, 0.3) is 6.08 Å². The van der Waals surface area contributed by atoms with E-state index in [9.17, 15) is 4.79 Å². The number of rotatable bonds is 6. The van der Waals surface area contributed by atoms with E-state index in [0.717, 1.165) is 12.0 Å². The number of hydrazine groups is 1. The van der Waals surface area contributed by atoms with Gasteiger partial charge in [-0.2, -0.15) is 0 Å². The van der Waals surface area contributed by atoms with Gasteiger partial charge in [0.05, 0.1) is 13.2 Å². The number of hydrogen-bond donors (Lipinski definition) is 2. The van der Waals surface area contributed by atoms with E-state index in [4.69, 9.17) is 15.3 Å². The molecule has 1 aromatic rings. The minimum absolute atomic E-state index is 0.123. The molecule has 0 spiro atoms. The van der Waals surface area contributed by atoms with Crippen LogP contribution in [0, 0.1) is 0 Å². The molecule has 19 heavy (non-hydrogen) atoms. The van der Waals surface area contributed by atoms with E-state index in [-0.39, 0.29) is 12.0 Å². The Kier molecular flexibility index (Phi) is 5.89. The van der Waals surface area contributed by atoms with Gasteiger partial charge in [-0.15, -0.1) is 0 Å². The van der Waals surface area contributed by atoms with Crippen LogP contribution >= 0.6 is 0 Å². The maximum atomic E-state index is 11.0. The molecule has 5 nitrogen and oxygen atoms in total. The third kappa shape index (κ3) is 4.63. The van der Waals surface area contributed by atoms with Crippen LogP contribution in [0.3, 0.4) is 0 Å². The summed E-state index contributed by atoms with van der Waals surface area (Å²) in [7, 11) is 1.58. The second-order valence-electron chi connectivity index (χ2n) is 4.09. The highest BCUT2D eigenvalue weighted by atomic mass is 16.5. The highest BCUT2D eigenvalue weighted by Crippen LogP contribution is 2.29. The molecule has 0 radical (unpaired) electrons. The van der Waals surface area contributed by atoms with Crippen LogP contribution in [-0.4, -0.2) is 19.1 Å². The largest absolute Gasteiger partial charge is 0.493 e. The van der Waals surface area contributed by atoms with Gasteiger partial charge in [0, 0.05) is 6.08 Å². The summed E-state index contributed by atoms with van der Waals surface area (Å²) < 4.78 is 11.0. The molecule has 0 aliphatic rings. The SMILES string of the molecule is CCC(C)Oc1ccc(/C=C/C(=O)NN)cc1OC. The van der Waals surface area contributed by atoms with Gasteiger partial charge in [0.2, 0.25) is 0 Å². The van der Waals surface area contributed by atoms with Crippen molar-refractivity contribution in [2.75, 3.05) is 7.11 Å². The zero-order valence-corrected chi connectivity index (χ0v) is 11.5. The van der Waals surface area contributed by atoms with Crippen LogP contribution in [0.1, 0.15) is 25.8 Å². The summed E-state index contributed by atoms with van der Waals surface area (Å²) >= 11 is 0. The van der Waals surface area contributed by atoms with Crippen molar-refractivity contribution in [3.63, 3.8) is 0 Å². The molecule has 1 aromatic carbocycles. The van der Waals surface area contributed by atoms with Crippen molar-refractivity contribution in [2.24, 2.45) is 5.84 Å². The van der Waals surface area contributed by atoms with E-state index in [1.54, 1.807) is 19.3 Å². The standard InChI is InChI=1S/C14H20N2O3/c1-4-10(2)19-12-7-5-11(9-13(12)18-3)6-8-14(17)16-15/h5-10H,4,15H2,1-3H3,(H,16,17)/b8-6+. The molecule has 3 N–H and O–H groups in total. The van der Waals surface area contributed by atoms with E-state index in [1.165, 1.54) is 6.08 Å². The van der Waals surface area contributed by atoms with Crippen molar-refractivity contribution < 1.29 is 14.3 Å². The van der Waals surface area contributed by atoms with Crippen molar-refractivity contribution in [2.45, 2.75) is 26.4 Å². The Morgan fingerprint density at radius 3 is 2.79 bits per heavy atom. The zero-order valence-electron chi connectivity index (χ0n) is 11.5. The molecule has 5 heteroatoms. The second kappa shape index (κ2) is 7.43. The number of carbonyl (C=O) groups is 1. The predicted molar refractivity (Wildman–Crippen MR) is 74.7 cm³/mol. The molecule has 0 saturated carbocycles. The first kappa shape index (κ1) is 15.0. The minimum Gasteiger partial charge on any atom is -0.493 e. The molecular formula is C14H20N2O3. The number of ether oxygens (including phenoxy) is 2. The number of benzene rings is 1. The molecular weight excluding hydrogens is 244 g/mol. The fraction of sp³-hybridized carbons (Fsp3) is 0.357. The summed E-state index contributed by atoms with van der Waals surface area (Å²) in [6, 6.07) is 5.48. The van der Waals surface area contributed by atoms with Crippen LogP contribution in [0.15, 0.2) is 24.3 Å². The Morgan fingerprint density at radius 2 is 2.21 bits per heavy atom. The number of nitrogens with two attached hydrogens (primary N) is 1. The van der Waals surface area contributed by atoms with Gasteiger partial charge >= 0.3 is 0 Å². The fourth-order valence-electron chi connectivity index (χ4n) is 1.41. The lowest BCUT2D eigenvalue weighted by molar-refractivity contribution is -0.116. The lowest BCUT2D eigenvalue weighted by atomic mass is 10.2. The van der Waals surface area contributed by atoms with Gasteiger partial charge in [0.25, 0.3) is 5.91 Å². The van der Waals surface area contributed by atoms with Gasteiger partial charge in [0.15, 0.2) is 11.5 Å². The third-order valence-corrected chi connectivity index (χ3v) is 2.66. The summed E-state index contributed by atoms with van der Waals surface area (Å²) in [4.78, 5) is 11.0. The molecule has 1 amide bonds. The molecule has 1 rings (SSSR count). The van der Waals surface area contributed by atoms with Crippen LogP contribution in [0.4, 0.5) is 0 Å². The molecule has 0 aromatic heterocycles. The minimum atomic E-state index is -0.362. The highest BCUT2D eigenvalue weighted by molar-refractivity contribution is 5.91. The van der Waals surface area contributed by atoms with Crippen LogP contribution < -0.4 is 20.7 Å². The monoisotopic (exact) mass is 264 g/mol. The van der Waals surface area contributed by atoms with Gasteiger partial charge in [0.1, 0.15) is 0 Å². The first-order valence-electron chi connectivity index (χ1n) is 6.14. The normalized spacial score (nSPS) is 12.2. The zero-order chi connectivity index (χ0) is 14.3. The highest BCUT2D eigenvalue weighted by Gasteiger charge is 2.08. The number of carbonyl (C=O) groups excluding carboxylic acids is 1. The Labute approximate surface area is 113 Å². The molecule has 1 atom stereocenters. The second-order valence-corrected chi connectivity index (χ2v) is 4.09. The summed E-state index contributed by atoms with van der Waals surface area (Å²) in [5.41, 5.74) is 2.86.